The Labute approximate surface area is 125 Å². The van der Waals surface area contributed by atoms with E-state index in [0.29, 0.717) is 11.3 Å². The molecule has 116 valence electrons. The van der Waals surface area contributed by atoms with Gasteiger partial charge in [-0.3, -0.25) is 4.90 Å². The summed E-state index contributed by atoms with van der Waals surface area (Å²) in [7, 11) is 1.56. The third-order valence-electron chi connectivity index (χ3n) is 3.56. The molecule has 0 saturated carbocycles. The number of amidine groups is 1. The van der Waals surface area contributed by atoms with Crippen molar-refractivity contribution in [1.29, 1.82) is 0 Å². The Bertz CT molecular complexity index is 529. The Morgan fingerprint density at radius 2 is 2.29 bits per heavy atom. The van der Waals surface area contributed by atoms with Gasteiger partial charge in [-0.05, 0) is 31.5 Å². The highest BCUT2D eigenvalue weighted by molar-refractivity contribution is 5.99. The summed E-state index contributed by atoms with van der Waals surface area (Å²) < 4.78 is 11.0. The summed E-state index contributed by atoms with van der Waals surface area (Å²) in [5.74, 6) is 0.646. The van der Waals surface area contributed by atoms with E-state index in [2.05, 4.69) is 23.9 Å². The maximum atomic E-state index is 8.87. The minimum Gasteiger partial charge on any atom is -0.496 e. The summed E-state index contributed by atoms with van der Waals surface area (Å²) in [5.41, 5.74) is 7.27. The zero-order valence-corrected chi connectivity index (χ0v) is 12.8. The molecular formula is C15H23N3O3. The molecule has 1 saturated heterocycles. The SMILES string of the molecule is COc1ccc(CN2CCOC(C)(C)C2)cc1C(N)=NO. The maximum absolute atomic E-state index is 8.87. The standard InChI is InChI=1S/C15H23N3O3/c1-15(2)10-18(6-7-21-15)9-11-4-5-13(20-3)12(8-11)14(16)17-19/h4-5,8,19H,6-7,9-10H2,1-3H3,(H2,16,17). The van der Waals surface area contributed by atoms with Gasteiger partial charge in [-0.1, -0.05) is 11.2 Å². The van der Waals surface area contributed by atoms with E-state index >= 15 is 0 Å². The topological polar surface area (TPSA) is 80.3 Å². The van der Waals surface area contributed by atoms with Gasteiger partial charge in [-0.25, -0.2) is 0 Å². The number of rotatable bonds is 4. The van der Waals surface area contributed by atoms with Gasteiger partial charge in [0.25, 0.3) is 0 Å². The lowest BCUT2D eigenvalue weighted by molar-refractivity contribution is -0.0882. The summed E-state index contributed by atoms with van der Waals surface area (Å²) in [6.07, 6.45) is 0. The molecular weight excluding hydrogens is 270 g/mol. The lowest BCUT2D eigenvalue weighted by Gasteiger charge is -2.38. The van der Waals surface area contributed by atoms with Crippen molar-refractivity contribution in [1.82, 2.24) is 4.90 Å². The van der Waals surface area contributed by atoms with Crippen LogP contribution in [0.5, 0.6) is 5.75 Å². The molecule has 1 fully saturated rings. The number of nitrogens with two attached hydrogens (primary N) is 1. The first-order chi connectivity index (χ1) is 9.95. The molecule has 0 atom stereocenters. The molecule has 0 aliphatic carbocycles. The first-order valence-electron chi connectivity index (χ1n) is 6.96. The Morgan fingerprint density at radius 1 is 1.52 bits per heavy atom. The molecule has 6 heteroatoms. The molecule has 1 aromatic rings. The third kappa shape index (κ3) is 3.86. The second-order valence-corrected chi connectivity index (χ2v) is 5.84. The van der Waals surface area contributed by atoms with E-state index in [1.165, 1.54) is 0 Å². The van der Waals surface area contributed by atoms with Crippen LogP contribution in [0, 0.1) is 0 Å². The number of nitrogens with zero attached hydrogens (tertiary/aromatic N) is 2. The molecule has 1 aliphatic heterocycles. The maximum Gasteiger partial charge on any atom is 0.173 e. The fourth-order valence-electron chi connectivity index (χ4n) is 2.61. The van der Waals surface area contributed by atoms with Gasteiger partial charge < -0.3 is 20.4 Å². The quantitative estimate of drug-likeness (QED) is 0.380. The second kappa shape index (κ2) is 6.32. The second-order valence-electron chi connectivity index (χ2n) is 5.84. The molecule has 21 heavy (non-hydrogen) atoms. The van der Waals surface area contributed by atoms with Crippen molar-refractivity contribution in [2.24, 2.45) is 10.9 Å². The molecule has 0 radical (unpaired) electrons. The van der Waals surface area contributed by atoms with Gasteiger partial charge in [0, 0.05) is 19.6 Å². The molecule has 1 aliphatic rings. The highest BCUT2D eigenvalue weighted by Gasteiger charge is 2.27. The highest BCUT2D eigenvalue weighted by Crippen LogP contribution is 2.23. The predicted molar refractivity (Wildman–Crippen MR) is 80.8 cm³/mol. The Balaban J connectivity index is 2.17. The Morgan fingerprint density at radius 3 is 2.90 bits per heavy atom. The normalized spacial score (nSPS) is 19.5. The molecule has 6 nitrogen and oxygen atoms in total. The average molecular weight is 293 g/mol. The third-order valence-corrected chi connectivity index (χ3v) is 3.56. The van der Waals surface area contributed by atoms with Crippen LogP contribution in [0.2, 0.25) is 0 Å². The smallest absolute Gasteiger partial charge is 0.173 e. The molecule has 0 amide bonds. The van der Waals surface area contributed by atoms with Crippen molar-refractivity contribution in [3.63, 3.8) is 0 Å². The van der Waals surface area contributed by atoms with Gasteiger partial charge in [0.2, 0.25) is 0 Å². The molecule has 3 N–H and O–H groups in total. The summed E-state index contributed by atoms with van der Waals surface area (Å²) in [5, 5.41) is 11.9. The Kier molecular flexibility index (Phi) is 4.69. The molecule has 0 spiro atoms. The molecule has 0 bridgehead atoms. The van der Waals surface area contributed by atoms with Crippen LogP contribution in [0.4, 0.5) is 0 Å². The number of benzene rings is 1. The lowest BCUT2D eigenvalue weighted by Crippen LogP contribution is -2.47. The fourth-order valence-corrected chi connectivity index (χ4v) is 2.61. The summed E-state index contributed by atoms with van der Waals surface area (Å²) >= 11 is 0. The molecule has 0 unspecified atom stereocenters. The predicted octanol–water partition coefficient (Wildman–Crippen LogP) is 1.40. The monoisotopic (exact) mass is 293 g/mol. The van der Waals surface area contributed by atoms with E-state index in [0.717, 1.165) is 31.8 Å². The summed E-state index contributed by atoms with van der Waals surface area (Å²) in [4.78, 5) is 2.33. The van der Waals surface area contributed by atoms with Crippen LogP contribution in [0.15, 0.2) is 23.4 Å². The van der Waals surface area contributed by atoms with Crippen molar-refractivity contribution >= 4 is 5.84 Å². The van der Waals surface area contributed by atoms with E-state index in [-0.39, 0.29) is 11.4 Å². The van der Waals surface area contributed by atoms with Gasteiger partial charge in [0.15, 0.2) is 5.84 Å². The van der Waals surface area contributed by atoms with Crippen molar-refractivity contribution in [3.8, 4) is 5.75 Å². The van der Waals surface area contributed by atoms with E-state index in [1.807, 2.05) is 18.2 Å². The first-order valence-corrected chi connectivity index (χ1v) is 6.96. The molecule has 1 heterocycles. The minimum atomic E-state index is -0.126. The number of morpholine rings is 1. The van der Waals surface area contributed by atoms with Gasteiger partial charge in [-0.2, -0.15) is 0 Å². The van der Waals surface area contributed by atoms with Crippen molar-refractivity contribution in [2.45, 2.75) is 26.0 Å². The largest absolute Gasteiger partial charge is 0.496 e. The molecule has 0 aromatic heterocycles. The van der Waals surface area contributed by atoms with E-state index in [9.17, 15) is 0 Å². The zero-order valence-electron chi connectivity index (χ0n) is 12.8. The van der Waals surface area contributed by atoms with Crippen LogP contribution < -0.4 is 10.5 Å². The van der Waals surface area contributed by atoms with Crippen molar-refractivity contribution in [2.75, 3.05) is 26.8 Å². The minimum absolute atomic E-state index is 0.0519. The average Bonchev–Trinajstić information content (AvgIpc) is 2.45. The molecule has 2 rings (SSSR count). The number of hydrogen-bond acceptors (Lipinski definition) is 5. The van der Waals surface area contributed by atoms with Crippen molar-refractivity contribution < 1.29 is 14.7 Å². The van der Waals surface area contributed by atoms with Crippen LogP contribution in [0.3, 0.4) is 0 Å². The van der Waals surface area contributed by atoms with Crippen LogP contribution in [-0.2, 0) is 11.3 Å². The summed E-state index contributed by atoms with van der Waals surface area (Å²) in [6, 6.07) is 5.74. The van der Waals surface area contributed by atoms with Crippen LogP contribution in [0.1, 0.15) is 25.0 Å². The highest BCUT2D eigenvalue weighted by atomic mass is 16.5. The number of ether oxygens (including phenoxy) is 2. The van der Waals surface area contributed by atoms with Gasteiger partial charge >= 0.3 is 0 Å². The molecule has 1 aromatic carbocycles. The lowest BCUT2D eigenvalue weighted by atomic mass is 10.0. The van der Waals surface area contributed by atoms with Crippen LogP contribution in [0.25, 0.3) is 0 Å². The van der Waals surface area contributed by atoms with Crippen LogP contribution in [-0.4, -0.2) is 48.4 Å². The number of methoxy groups -OCH3 is 1. The van der Waals surface area contributed by atoms with Gasteiger partial charge in [0.05, 0.1) is 24.9 Å². The number of hydrogen-bond donors (Lipinski definition) is 2. The van der Waals surface area contributed by atoms with Gasteiger partial charge in [0.1, 0.15) is 5.75 Å². The fraction of sp³-hybridized carbons (Fsp3) is 0.533. The number of oxime groups is 1. The van der Waals surface area contributed by atoms with Crippen molar-refractivity contribution in [3.05, 3.63) is 29.3 Å². The summed E-state index contributed by atoms with van der Waals surface area (Å²) in [6.45, 7) is 7.48. The zero-order chi connectivity index (χ0) is 15.5. The van der Waals surface area contributed by atoms with E-state index in [1.54, 1.807) is 7.11 Å². The van der Waals surface area contributed by atoms with E-state index < -0.39 is 0 Å². The van der Waals surface area contributed by atoms with Gasteiger partial charge in [-0.15, -0.1) is 0 Å². The van der Waals surface area contributed by atoms with E-state index in [4.69, 9.17) is 20.4 Å². The Hall–Kier alpha value is -1.79. The van der Waals surface area contributed by atoms with Crippen LogP contribution >= 0.6 is 0 Å². The first kappa shape index (κ1) is 15.6.